The first kappa shape index (κ1) is 14.1. The summed E-state index contributed by atoms with van der Waals surface area (Å²) in [6.45, 7) is 1.35. The molecule has 0 aromatic carbocycles. The SMILES string of the molecule is C[C@@H](Sc1cc(C(F)(F)F)cc(Cl)n1)C(=O)O. The maximum atomic E-state index is 12.4. The lowest BCUT2D eigenvalue weighted by atomic mass is 10.3. The molecule has 1 aromatic heterocycles. The van der Waals surface area contributed by atoms with Crippen LogP contribution in [0.2, 0.25) is 5.15 Å². The van der Waals surface area contributed by atoms with Gasteiger partial charge < -0.3 is 5.11 Å². The minimum absolute atomic E-state index is 0.0697. The second-order valence-electron chi connectivity index (χ2n) is 3.11. The molecule has 1 rings (SSSR count). The van der Waals surface area contributed by atoms with Crippen molar-refractivity contribution in [1.29, 1.82) is 0 Å². The van der Waals surface area contributed by atoms with Crippen molar-refractivity contribution in [3.63, 3.8) is 0 Å². The standard InChI is InChI=1S/C9H7ClF3NO2S/c1-4(8(15)16)17-7-3-5(9(11,12)13)2-6(10)14-7/h2-4H,1H3,(H,15,16)/t4-/m1/s1. The highest BCUT2D eigenvalue weighted by Crippen LogP contribution is 2.33. The fourth-order valence-electron chi connectivity index (χ4n) is 0.928. The molecule has 8 heteroatoms. The van der Waals surface area contributed by atoms with Crippen molar-refractivity contribution >= 4 is 29.3 Å². The van der Waals surface area contributed by atoms with Gasteiger partial charge in [0.15, 0.2) is 0 Å². The van der Waals surface area contributed by atoms with E-state index in [1.165, 1.54) is 6.92 Å². The first-order chi connectivity index (χ1) is 7.70. The van der Waals surface area contributed by atoms with E-state index in [-0.39, 0.29) is 10.2 Å². The summed E-state index contributed by atoms with van der Waals surface area (Å²) in [6.07, 6.45) is -4.53. The summed E-state index contributed by atoms with van der Waals surface area (Å²) in [5.41, 5.74) is -0.947. The van der Waals surface area contributed by atoms with Gasteiger partial charge in [0.05, 0.1) is 10.6 Å². The number of thioether (sulfide) groups is 1. The van der Waals surface area contributed by atoms with Gasteiger partial charge in [-0.2, -0.15) is 13.2 Å². The maximum absolute atomic E-state index is 12.4. The highest BCUT2D eigenvalue weighted by molar-refractivity contribution is 8.00. The quantitative estimate of drug-likeness (QED) is 0.684. The minimum Gasteiger partial charge on any atom is -0.480 e. The number of hydrogen-bond acceptors (Lipinski definition) is 3. The highest BCUT2D eigenvalue weighted by Gasteiger charge is 2.31. The molecule has 0 aliphatic heterocycles. The average Bonchev–Trinajstić information content (AvgIpc) is 2.15. The number of halogens is 4. The van der Waals surface area contributed by atoms with Crippen LogP contribution in [0.1, 0.15) is 12.5 Å². The van der Waals surface area contributed by atoms with E-state index >= 15 is 0 Å². The average molecular weight is 286 g/mol. The second kappa shape index (κ2) is 5.14. The van der Waals surface area contributed by atoms with Crippen molar-refractivity contribution in [3.8, 4) is 0 Å². The van der Waals surface area contributed by atoms with E-state index < -0.39 is 23.0 Å². The van der Waals surface area contributed by atoms with Gasteiger partial charge in [-0.1, -0.05) is 23.4 Å². The number of rotatable bonds is 3. The summed E-state index contributed by atoms with van der Waals surface area (Å²) < 4.78 is 37.3. The fraction of sp³-hybridized carbons (Fsp3) is 0.333. The molecule has 0 bridgehead atoms. The molecule has 94 valence electrons. The first-order valence-electron chi connectivity index (χ1n) is 4.34. The van der Waals surface area contributed by atoms with Gasteiger partial charge >= 0.3 is 12.1 Å². The number of carboxylic acid groups (broad SMARTS) is 1. The molecule has 17 heavy (non-hydrogen) atoms. The molecule has 1 N–H and O–H groups in total. The number of carbonyl (C=O) groups is 1. The Hall–Kier alpha value is -0.950. The predicted molar refractivity (Wildman–Crippen MR) is 57.2 cm³/mol. The van der Waals surface area contributed by atoms with Gasteiger partial charge in [-0.25, -0.2) is 4.98 Å². The van der Waals surface area contributed by atoms with E-state index in [2.05, 4.69) is 4.98 Å². The summed E-state index contributed by atoms with van der Waals surface area (Å²) in [5, 5.41) is 7.35. The Balaban J connectivity index is 3.02. The Bertz CT molecular complexity index is 439. The number of pyridine rings is 1. The minimum atomic E-state index is -4.53. The maximum Gasteiger partial charge on any atom is 0.416 e. The van der Waals surface area contributed by atoms with Crippen LogP contribution in [-0.2, 0) is 11.0 Å². The van der Waals surface area contributed by atoms with E-state index in [9.17, 15) is 18.0 Å². The zero-order chi connectivity index (χ0) is 13.2. The lowest BCUT2D eigenvalue weighted by Crippen LogP contribution is -2.12. The van der Waals surface area contributed by atoms with Crippen molar-refractivity contribution in [2.24, 2.45) is 0 Å². The molecule has 0 amide bonds. The van der Waals surface area contributed by atoms with Crippen LogP contribution in [0.5, 0.6) is 0 Å². The predicted octanol–water partition coefficient (Wildman–Crippen LogP) is 3.32. The number of alkyl halides is 3. The lowest BCUT2D eigenvalue weighted by molar-refractivity contribution is -0.138. The molecular weight excluding hydrogens is 279 g/mol. The van der Waals surface area contributed by atoms with E-state index in [0.29, 0.717) is 17.8 Å². The summed E-state index contributed by atoms with van der Waals surface area (Å²) in [6, 6.07) is 1.47. The normalized spacial score (nSPS) is 13.5. The van der Waals surface area contributed by atoms with Crippen molar-refractivity contribution in [1.82, 2.24) is 4.98 Å². The van der Waals surface area contributed by atoms with Crippen molar-refractivity contribution in [3.05, 3.63) is 22.8 Å². The van der Waals surface area contributed by atoms with Crippen LogP contribution in [0.3, 0.4) is 0 Å². The number of nitrogens with zero attached hydrogens (tertiary/aromatic N) is 1. The van der Waals surface area contributed by atoms with Gasteiger partial charge in [-0.3, -0.25) is 4.79 Å². The highest BCUT2D eigenvalue weighted by atomic mass is 35.5. The summed E-state index contributed by atoms with van der Waals surface area (Å²) in [5.74, 6) is -1.13. The van der Waals surface area contributed by atoms with Crippen LogP contribution in [0.25, 0.3) is 0 Å². The van der Waals surface area contributed by atoms with Crippen molar-refractivity contribution in [2.45, 2.75) is 23.4 Å². The third kappa shape index (κ3) is 4.08. The molecule has 0 aliphatic rings. The van der Waals surface area contributed by atoms with Crippen molar-refractivity contribution in [2.75, 3.05) is 0 Å². The van der Waals surface area contributed by atoms with Gasteiger partial charge in [-0.05, 0) is 19.1 Å². The number of aliphatic carboxylic acids is 1. The smallest absolute Gasteiger partial charge is 0.416 e. The van der Waals surface area contributed by atoms with Crippen LogP contribution in [-0.4, -0.2) is 21.3 Å². The van der Waals surface area contributed by atoms with E-state index in [4.69, 9.17) is 16.7 Å². The van der Waals surface area contributed by atoms with E-state index in [1.807, 2.05) is 0 Å². The number of hydrogen-bond donors (Lipinski definition) is 1. The van der Waals surface area contributed by atoms with Crippen LogP contribution < -0.4 is 0 Å². The van der Waals surface area contributed by atoms with Crippen LogP contribution in [0, 0.1) is 0 Å². The molecule has 0 saturated heterocycles. The molecule has 3 nitrogen and oxygen atoms in total. The van der Waals surface area contributed by atoms with Crippen LogP contribution >= 0.6 is 23.4 Å². The van der Waals surface area contributed by atoms with Gasteiger partial charge in [0.2, 0.25) is 0 Å². The Morgan fingerprint density at radius 2 is 2.12 bits per heavy atom. The molecule has 0 saturated carbocycles. The van der Waals surface area contributed by atoms with Gasteiger partial charge in [0.25, 0.3) is 0 Å². The Labute approximate surface area is 104 Å². The lowest BCUT2D eigenvalue weighted by Gasteiger charge is -2.10. The van der Waals surface area contributed by atoms with Crippen LogP contribution in [0.4, 0.5) is 13.2 Å². The van der Waals surface area contributed by atoms with Gasteiger partial charge in [-0.15, -0.1) is 0 Å². The molecular formula is C9H7ClF3NO2S. The fourth-order valence-corrected chi connectivity index (χ4v) is 2.00. The largest absolute Gasteiger partial charge is 0.480 e. The van der Waals surface area contributed by atoms with E-state index in [1.54, 1.807) is 0 Å². The molecule has 0 radical (unpaired) electrons. The summed E-state index contributed by atoms with van der Waals surface area (Å²) in [4.78, 5) is 14.2. The molecule has 0 spiro atoms. The summed E-state index contributed by atoms with van der Waals surface area (Å²) >= 11 is 6.15. The Kier molecular flexibility index (Phi) is 4.26. The zero-order valence-corrected chi connectivity index (χ0v) is 10.0. The van der Waals surface area contributed by atoms with Crippen molar-refractivity contribution < 1.29 is 23.1 Å². The molecule has 0 unspecified atom stereocenters. The number of carboxylic acids is 1. The molecule has 1 heterocycles. The Morgan fingerprint density at radius 3 is 2.59 bits per heavy atom. The van der Waals surface area contributed by atoms with Gasteiger partial charge in [0.1, 0.15) is 10.4 Å². The first-order valence-corrected chi connectivity index (χ1v) is 5.60. The molecule has 0 fully saturated rings. The monoisotopic (exact) mass is 285 g/mol. The zero-order valence-electron chi connectivity index (χ0n) is 8.45. The van der Waals surface area contributed by atoms with E-state index in [0.717, 1.165) is 6.07 Å². The molecule has 0 aliphatic carbocycles. The summed E-state index contributed by atoms with van der Waals surface area (Å²) in [7, 11) is 0. The topological polar surface area (TPSA) is 50.2 Å². The third-order valence-electron chi connectivity index (χ3n) is 1.74. The molecule has 1 aromatic rings. The van der Waals surface area contributed by atoms with Crippen LogP contribution in [0.15, 0.2) is 17.2 Å². The molecule has 1 atom stereocenters. The number of aromatic nitrogens is 1. The second-order valence-corrected chi connectivity index (χ2v) is 4.86. The van der Waals surface area contributed by atoms with Gasteiger partial charge in [0, 0.05) is 0 Å². The Morgan fingerprint density at radius 1 is 1.53 bits per heavy atom. The third-order valence-corrected chi connectivity index (χ3v) is 2.94.